The van der Waals surface area contributed by atoms with Crippen molar-refractivity contribution < 1.29 is 9.53 Å². The Labute approximate surface area is 112 Å². The second-order valence-corrected chi connectivity index (χ2v) is 5.04. The van der Waals surface area contributed by atoms with Gasteiger partial charge in [0, 0.05) is 24.2 Å². The molecule has 0 bridgehead atoms. The first kappa shape index (κ1) is 13.2. The molecule has 18 heavy (non-hydrogen) atoms. The zero-order valence-electron chi connectivity index (χ0n) is 10.4. The lowest BCUT2D eigenvalue weighted by Crippen LogP contribution is -2.44. The third kappa shape index (κ3) is 3.15. The van der Waals surface area contributed by atoms with E-state index in [0.29, 0.717) is 23.9 Å². The maximum absolute atomic E-state index is 11.9. The zero-order valence-corrected chi connectivity index (χ0v) is 11.1. The SMILES string of the molecule is Cc1cc(Cl)ccc1OC(=O)N1CCC(N)CC1. The Morgan fingerprint density at radius 1 is 1.44 bits per heavy atom. The summed E-state index contributed by atoms with van der Waals surface area (Å²) < 4.78 is 5.36. The highest BCUT2D eigenvalue weighted by atomic mass is 35.5. The summed E-state index contributed by atoms with van der Waals surface area (Å²) in [5.74, 6) is 0.555. The molecule has 0 aromatic heterocycles. The molecule has 1 saturated heterocycles. The molecule has 1 amide bonds. The zero-order chi connectivity index (χ0) is 13.1. The number of nitrogens with zero attached hydrogens (tertiary/aromatic N) is 1. The molecule has 4 nitrogen and oxygen atoms in total. The van der Waals surface area contributed by atoms with Gasteiger partial charge in [-0.25, -0.2) is 4.79 Å². The summed E-state index contributed by atoms with van der Waals surface area (Å²) in [6, 6.07) is 5.40. The van der Waals surface area contributed by atoms with Crippen molar-refractivity contribution in [3.05, 3.63) is 28.8 Å². The third-order valence-electron chi connectivity index (χ3n) is 3.13. The molecule has 1 fully saturated rings. The van der Waals surface area contributed by atoms with E-state index in [4.69, 9.17) is 22.1 Å². The second kappa shape index (κ2) is 5.59. The quantitative estimate of drug-likeness (QED) is 0.852. The van der Waals surface area contributed by atoms with Gasteiger partial charge in [-0.3, -0.25) is 0 Å². The fourth-order valence-electron chi connectivity index (χ4n) is 1.97. The minimum atomic E-state index is -0.313. The van der Waals surface area contributed by atoms with Crippen LogP contribution < -0.4 is 10.5 Å². The summed E-state index contributed by atoms with van der Waals surface area (Å²) in [5.41, 5.74) is 6.65. The minimum Gasteiger partial charge on any atom is -0.410 e. The fourth-order valence-corrected chi connectivity index (χ4v) is 2.19. The average molecular weight is 269 g/mol. The van der Waals surface area contributed by atoms with Crippen LogP contribution in [-0.4, -0.2) is 30.1 Å². The number of carbonyl (C=O) groups is 1. The highest BCUT2D eigenvalue weighted by Gasteiger charge is 2.22. The largest absolute Gasteiger partial charge is 0.415 e. The molecule has 1 aromatic rings. The van der Waals surface area contributed by atoms with Crippen molar-refractivity contribution in [2.75, 3.05) is 13.1 Å². The summed E-state index contributed by atoms with van der Waals surface area (Å²) >= 11 is 5.85. The number of piperidine rings is 1. The minimum absolute atomic E-state index is 0.200. The van der Waals surface area contributed by atoms with Gasteiger partial charge in [-0.05, 0) is 43.5 Å². The summed E-state index contributed by atoms with van der Waals surface area (Å²) in [7, 11) is 0. The molecular weight excluding hydrogens is 252 g/mol. The van der Waals surface area contributed by atoms with Gasteiger partial charge in [0.2, 0.25) is 0 Å². The summed E-state index contributed by atoms with van der Waals surface area (Å²) in [6.07, 6.45) is 1.34. The second-order valence-electron chi connectivity index (χ2n) is 4.60. The number of nitrogens with two attached hydrogens (primary N) is 1. The first-order valence-corrected chi connectivity index (χ1v) is 6.42. The molecule has 0 unspecified atom stereocenters. The van der Waals surface area contributed by atoms with Gasteiger partial charge in [0.15, 0.2) is 0 Å². The highest BCUT2D eigenvalue weighted by molar-refractivity contribution is 6.30. The monoisotopic (exact) mass is 268 g/mol. The van der Waals surface area contributed by atoms with E-state index < -0.39 is 0 Å². The first-order chi connectivity index (χ1) is 8.56. The molecule has 1 heterocycles. The Hall–Kier alpha value is -1.26. The van der Waals surface area contributed by atoms with Crippen molar-refractivity contribution in [1.82, 2.24) is 4.90 Å². The van der Waals surface area contributed by atoms with Crippen LogP contribution in [0.1, 0.15) is 18.4 Å². The van der Waals surface area contributed by atoms with Gasteiger partial charge >= 0.3 is 6.09 Å². The maximum atomic E-state index is 11.9. The maximum Gasteiger partial charge on any atom is 0.415 e. The Morgan fingerprint density at radius 3 is 2.72 bits per heavy atom. The van der Waals surface area contributed by atoms with Crippen LogP contribution in [0.3, 0.4) is 0 Å². The lowest BCUT2D eigenvalue weighted by Gasteiger charge is -2.29. The lowest BCUT2D eigenvalue weighted by atomic mass is 10.1. The van der Waals surface area contributed by atoms with Gasteiger partial charge in [-0.1, -0.05) is 11.6 Å². The van der Waals surface area contributed by atoms with Crippen molar-refractivity contribution in [3.63, 3.8) is 0 Å². The Morgan fingerprint density at radius 2 is 2.11 bits per heavy atom. The molecule has 0 aliphatic carbocycles. The molecule has 2 rings (SSSR count). The van der Waals surface area contributed by atoms with Gasteiger partial charge < -0.3 is 15.4 Å². The van der Waals surface area contributed by atoms with Crippen LogP contribution >= 0.6 is 11.6 Å². The van der Waals surface area contributed by atoms with Crippen molar-refractivity contribution in [2.24, 2.45) is 5.73 Å². The molecule has 1 aliphatic heterocycles. The number of halogens is 1. The van der Waals surface area contributed by atoms with Crippen LogP contribution in [0.5, 0.6) is 5.75 Å². The van der Waals surface area contributed by atoms with E-state index >= 15 is 0 Å². The van der Waals surface area contributed by atoms with Gasteiger partial charge in [-0.2, -0.15) is 0 Å². The van der Waals surface area contributed by atoms with Crippen LogP contribution in [0.25, 0.3) is 0 Å². The highest BCUT2D eigenvalue weighted by Crippen LogP contribution is 2.23. The molecule has 0 atom stereocenters. The number of ether oxygens (including phenoxy) is 1. The molecule has 0 radical (unpaired) electrons. The van der Waals surface area contributed by atoms with Gasteiger partial charge in [0.1, 0.15) is 5.75 Å². The van der Waals surface area contributed by atoms with Crippen molar-refractivity contribution >= 4 is 17.7 Å². The van der Waals surface area contributed by atoms with Crippen LogP contribution in [0.2, 0.25) is 5.02 Å². The van der Waals surface area contributed by atoms with Crippen molar-refractivity contribution in [2.45, 2.75) is 25.8 Å². The molecule has 0 spiro atoms. The Kier molecular flexibility index (Phi) is 4.09. The molecule has 2 N–H and O–H groups in total. The lowest BCUT2D eigenvalue weighted by molar-refractivity contribution is 0.139. The summed E-state index contributed by atoms with van der Waals surface area (Å²) in [5, 5.41) is 0.635. The Balaban J connectivity index is 1.98. The van der Waals surface area contributed by atoms with E-state index in [0.717, 1.165) is 18.4 Å². The number of carbonyl (C=O) groups excluding carboxylic acids is 1. The van der Waals surface area contributed by atoms with E-state index in [-0.39, 0.29) is 12.1 Å². The number of likely N-dealkylation sites (tertiary alicyclic amines) is 1. The van der Waals surface area contributed by atoms with E-state index in [9.17, 15) is 4.79 Å². The Bertz CT molecular complexity index is 443. The smallest absolute Gasteiger partial charge is 0.410 e. The van der Waals surface area contributed by atoms with Gasteiger partial charge in [0.05, 0.1) is 0 Å². The van der Waals surface area contributed by atoms with Gasteiger partial charge in [-0.15, -0.1) is 0 Å². The van der Waals surface area contributed by atoms with Crippen LogP contribution in [0.15, 0.2) is 18.2 Å². The summed E-state index contributed by atoms with van der Waals surface area (Å²) in [4.78, 5) is 13.6. The predicted molar refractivity (Wildman–Crippen MR) is 71.0 cm³/mol. The van der Waals surface area contributed by atoms with Crippen molar-refractivity contribution in [1.29, 1.82) is 0 Å². The number of hydrogen-bond acceptors (Lipinski definition) is 3. The van der Waals surface area contributed by atoms with E-state index in [1.165, 1.54) is 0 Å². The van der Waals surface area contributed by atoms with Crippen LogP contribution in [0.4, 0.5) is 4.79 Å². The first-order valence-electron chi connectivity index (χ1n) is 6.05. The molecule has 5 heteroatoms. The number of benzene rings is 1. The number of aryl methyl sites for hydroxylation is 1. The fraction of sp³-hybridized carbons (Fsp3) is 0.462. The predicted octanol–water partition coefficient (Wildman–Crippen LogP) is 2.57. The number of hydrogen-bond donors (Lipinski definition) is 1. The van der Waals surface area contributed by atoms with Crippen molar-refractivity contribution in [3.8, 4) is 5.75 Å². The topological polar surface area (TPSA) is 55.6 Å². The molecular formula is C13H17ClN2O2. The molecule has 0 saturated carbocycles. The normalized spacial score (nSPS) is 16.7. The van der Waals surface area contributed by atoms with E-state index in [2.05, 4.69) is 0 Å². The summed E-state index contributed by atoms with van der Waals surface area (Å²) in [6.45, 7) is 3.18. The number of rotatable bonds is 1. The molecule has 1 aromatic carbocycles. The third-order valence-corrected chi connectivity index (χ3v) is 3.37. The van der Waals surface area contributed by atoms with Gasteiger partial charge in [0.25, 0.3) is 0 Å². The molecule has 98 valence electrons. The average Bonchev–Trinajstić information content (AvgIpc) is 2.33. The van der Waals surface area contributed by atoms with Crippen LogP contribution in [0, 0.1) is 6.92 Å². The van der Waals surface area contributed by atoms with E-state index in [1.54, 1.807) is 23.1 Å². The van der Waals surface area contributed by atoms with Crippen LogP contribution in [-0.2, 0) is 0 Å². The molecule has 1 aliphatic rings. The number of amides is 1. The van der Waals surface area contributed by atoms with E-state index in [1.807, 2.05) is 6.92 Å². The standard InChI is InChI=1S/C13H17ClN2O2/c1-9-8-10(14)2-3-12(9)18-13(17)16-6-4-11(15)5-7-16/h2-3,8,11H,4-7,15H2,1H3.